The van der Waals surface area contributed by atoms with Crippen LogP contribution in [0.5, 0.6) is 0 Å². The molecule has 2 rings (SSSR count). The molecule has 0 amide bonds. The van der Waals surface area contributed by atoms with Crippen molar-refractivity contribution in [3.63, 3.8) is 0 Å². The van der Waals surface area contributed by atoms with E-state index in [9.17, 15) is 0 Å². The summed E-state index contributed by atoms with van der Waals surface area (Å²) < 4.78 is 0. The van der Waals surface area contributed by atoms with Crippen LogP contribution in [0.15, 0.2) is 60.7 Å². The van der Waals surface area contributed by atoms with Gasteiger partial charge in [-0.15, -0.1) is 0 Å². The fraction of sp³-hybridized carbons (Fsp3) is 0.368. The molecule has 1 nitrogen and oxygen atoms in total. The largest absolute Gasteiger partial charge is 0.330 e. The molecule has 0 atom stereocenters. The van der Waals surface area contributed by atoms with Gasteiger partial charge in [0.1, 0.15) is 0 Å². The molecular weight excluding hydrogens is 242 g/mol. The Hall–Kier alpha value is -1.60. The number of unbranched alkanes of at least 4 members (excludes halogenated alkanes) is 3. The minimum atomic E-state index is 0.839. The minimum Gasteiger partial charge on any atom is -0.330 e. The van der Waals surface area contributed by atoms with E-state index in [1.165, 1.54) is 43.2 Å². The van der Waals surface area contributed by atoms with Crippen LogP contribution in [0.25, 0.3) is 0 Å². The summed E-state index contributed by atoms with van der Waals surface area (Å²) >= 11 is 0. The van der Waals surface area contributed by atoms with Crippen molar-refractivity contribution in [2.75, 3.05) is 6.54 Å². The van der Waals surface area contributed by atoms with Gasteiger partial charge in [-0.1, -0.05) is 79.1 Å². The number of aryl methyl sites for hydroxylation is 2. The Morgan fingerprint density at radius 3 is 1.75 bits per heavy atom. The Kier molecular flexibility index (Phi) is 9.25. The third kappa shape index (κ3) is 8.49. The molecule has 0 radical (unpaired) electrons. The van der Waals surface area contributed by atoms with Crippen LogP contribution in [-0.4, -0.2) is 6.54 Å². The Morgan fingerprint density at radius 1 is 0.700 bits per heavy atom. The van der Waals surface area contributed by atoms with Gasteiger partial charge >= 0.3 is 0 Å². The summed E-state index contributed by atoms with van der Waals surface area (Å²) in [6, 6.07) is 20.9. The first kappa shape index (κ1) is 16.5. The van der Waals surface area contributed by atoms with Gasteiger partial charge in [-0.3, -0.25) is 0 Å². The molecule has 0 saturated carbocycles. The smallest absolute Gasteiger partial charge is 0.00773 e. The van der Waals surface area contributed by atoms with Crippen LogP contribution < -0.4 is 5.73 Å². The number of rotatable bonds is 6. The highest BCUT2D eigenvalue weighted by atomic mass is 14.5. The van der Waals surface area contributed by atoms with Gasteiger partial charge in [-0.2, -0.15) is 0 Å². The van der Waals surface area contributed by atoms with E-state index < -0.39 is 0 Å². The average Bonchev–Trinajstić information content (AvgIpc) is 2.50. The first-order chi connectivity index (χ1) is 9.83. The molecule has 0 bridgehead atoms. The zero-order valence-corrected chi connectivity index (χ0v) is 12.6. The normalized spacial score (nSPS) is 9.70. The fourth-order valence-electron chi connectivity index (χ4n) is 2.01. The summed E-state index contributed by atoms with van der Waals surface area (Å²) in [5, 5.41) is 0. The molecule has 1 heteroatoms. The molecule has 0 aliphatic rings. The summed E-state index contributed by atoms with van der Waals surface area (Å²) in [5.74, 6) is 0. The molecule has 20 heavy (non-hydrogen) atoms. The van der Waals surface area contributed by atoms with Crippen molar-refractivity contribution in [2.45, 2.75) is 39.0 Å². The monoisotopic (exact) mass is 269 g/mol. The zero-order chi connectivity index (χ0) is 14.5. The predicted octanol–water partition coefficient (Wildman–Crippen LogP) is 4.74. The maximum atomic E-state index is 5.42. The summed E-state index contributed by atoms with van der Waals surface area (Å²) in [7, 11) is 0. The summed E-state index contributed by atoms with van der Waals surface area (Å²) in [6.45, 7) is 2.92. The molecule has 2 N–H and O–H groups in total. The highest BCUT2D eigenvalue weighted by Crippen LogP contribution is 2.06. The Labute approximate surface area is 123 Å². The second-order valence-corrected chi connectivity index (χ2v) is 5.09. The van der Waals surface area contributed by atoms with Gasteiger partial charge in [0.2, 0.25) is 0 Å². The van der Waals surface area contributed by atoms with E-state index >= 15 is 0 Å². The number of benzene rings is 2. The van der Waals surface area contributed by atoms with Gasteiger partial charge in [-0.05, 0) is 38.3 Å². The lowest BCUT2D eigenvalue weighted by Crippen LogP contribution is -1.97. The first-order valence-corrected chi connectivity index (χ1v) is 7.58. The number of hydrogen-bond donors (Lipinski definition) is 1. The topological polar surface area (TPSA) is 26.0 Å². The van der Waals surface area contributed by atoms with E-state index in [1.54, 1.807) is 0 Å². The van der Waals surface area contributed by atoms with E-state index in [2.05, 4.69) is 49.4 Å². The van der Waals surface area contributed by atoms with Crippen LogP contribution in [0.4, 0.5) is 0 Å². The molecule has 0 aromatic heterocycles. The predicted molar refractivity (Wildman–Crippen MR) is 88.8 cm³/mol. The van der Waals surface area contributed by atoms with Crippen LogP contribution in [0.1, 0.15) is 36.8 Å². The first-order valence-electron chi connectivity index (χ1n) is 7.58. The molecule has 0 aliphatic carbocycles. The lowest BCUT2D eigenvalue weighted by molar-refractivity contribution is 0.647. The second kappa shape index (κ2) is 11.2. The molecular formula is C19H27N. The van der Waals surface area contributed by atoms with Crippen LogP contribution in [-0.2, 0) is 6.42 Å². The standard InChI is InChI=1S/C12H19N.C7H8/c13-11-7-2-1-4-8-12-9-5-3-6-10-12;1-7-5-3-2-4-6-7/h3,5-6,9-10H,1-2,4,7-8,11,13H2;2-6H,1H3. The third-order valence-electron chi connectivity index (χ3n) is 3.20. The fourth-order valence-corrected chi connectivity index (χ4v) is 2.01. The van der Waals surface area contributed by atoms with Crippen molar-refractivity contribution in [2.24, 2.45) is 5.73 Å². The molecule has 0 spiro atoms. The van der Waals surface area contributed by atoms with E-state index in [1.807, 2.05) is 18.2 Å². The van der Waals surface area contributed by atoms with Gasteiger partial charge in [0, 0.05) is 0 Å². The average molecular weight is 269 g/mol. The molecule has 0 fully saturated rings. The molecule has 108 valence electrons. The van der Waals surface area contributed by atoms with Crippen molar-refractivity contribution < 1.29 is 0 Å². The van der Waals surface area contributed by atoms with Crippen LogP contribution in [0.3, 0.4) is 0 Å². The number of nitrogens with two attached hydrogens (primary N) is 1. The van der Waals surface area contributed by atoms with Crippen molar-refractivity contribution >= 4 is 0 Å². The highest BCUT2D eigenvalue weighted by molar-refractivity contribution is 5.14. The van der Waals surface area contributed by atoms with Gasteiger partial charge in [0.15, 0.2) is 0 Å². The Bertz CT molecular complexity index is 422. The van der Waals surface area contributed by atoms with E-state index in [-0.39, 0.29) is 0 Å². The SMILES string of the molecule is Cc1ccccc1.NCCCCCCc1ccccc1. The highest BCUT2D eigenvalue weighted by Gasteiger charge is 1.91. The van der Waals surface area contributed by atoms with Crippen molar-refractivity contribution in [1.82, 2.24) is 0 Å². The van der Waals surface area contributed by atoms with Gasteiger partial charge in [0.05, 0.1) is 0 Å². The quantitative estimate of drug-likeness (QED) is 0.753. The summed E-state index contributed by atoms with van der Waals surface area (Å²) in [6.07, 6.45) is 6.28. The van der Waals surface area contributed by atoms with Crippen LogP contribution in [0, 0.1) is 6.92 Å². The molecule has 2 aromatic rings. The van der Waals surface area contributed by atoms with E-state index in [0.29, 0.717) is 0 Å². The zero-order valence-electron chi connectivity index (χ0n) is 12.6. The lowest BCUT2D eigenvalue weighted by Gasteiger charge is -2.00. The van der Waals surface area contributed by atoms with Crippen LogP contribution >= 0.6 is 0 Å². The van der Waals surface area contributed by atoms with Crippen molar-refractivity contribution in [3.05, 3.63) is 71.8 Å². The van der Waals surface area contributed by atoms with Gasteiger partial charge in [0.25, 0.3) is 0 Å². The number of hydrogen-bond acceptors (Lipinski definition) is 1. The van der Waals surface area contributed by atoms with E-state index in [4.69, 9.17) is 5.73 Å². The molecule has 0 unspecified atom stereocenters. The van der Waals surface area contributed by atoms with Gasteiger partial charge < -0.3 is 5.73 Å². The lowest BCUT2D eigenvalue weighted by atomic mass is 10.1. The summed E-state index contributed by atoms with van der Waals surface area (Å²) in [4.78, 5) is 0. The summed E-state index contributed by atoms with van der Waals surface area (Å²) in [5.41, 5.74) is 8.20. The molecule has 2 aromatic carbocycles. The second-order valence-electron chi connectivity index (χ2n) is 5.09. The Balaban J connectivity index is 0.000000240. The minimum absolute atomic E-state index is 0.839. The maximum absolute atomic E-state index is 5.42. The van der Waals surface area contributed by atoms with E-state index in [0.717, 1.165) is 6.54 Å². The maximum Gasteiger partial charge on any atom is -0.00773 e. The van der Waals surface area contributed by atoms with Gasteiger partial charge in [-0.25, -0.2) is 0 Å². The molecule has 0 saturated heterocycles. The molecule has 0 heterocycles. The van der Waals surface area contributed by atoms with Crippen molar-refractivity contribution in [1.29, 1.82) is 0 Å². The third-order valence-corrected chi connectivity index (χ3v) is 3.20. The Morgan fingerprint density at radius 2 is 1.25 bits per heavy atom. The van der Waals surface area contributed by atoms with Crippen LogP contribution in [0.2, 0.25) is 0 Å². The molecule has 0 aliphatic heterocycles. The van der Waals surface area contributed by atoms with Crippen molar-refractivity contribution in [3.8, 4) is 0 Å².